The zero-order valence-corrected chi connectivity index (χ0v) is 13.1. The first kappa shape index (κ1) is 13.8. The first-order valence-corrected chi connectivity index (χ1v) is 8.40. The van der Waals surface area contributed by atoms with Crippen LogP contribution in [0.5, 0.6) is 0 Å². The Balaban J connectivity index is 1.93. The van der Waals surface area contributed by atoms with Crippen molar-refractivity contribution in [1.29, 1.82) is 0 Å². The summed E-state index contributed by atoms with van der Waals surface area (Å²) in [4.78, 5) is 0. The van der Waals surface area contributed by atoms with E-state index in [4.69, 9.17) is 4.42 Å². The van der Waals surface area contributed by atoms with Crippen molar-refractivity contribution in [1.82, 2.24) is 19.7 Å². The molecule has 0 saturated heterocycles. The van der Waals surface area contributed by atoms with Crippen molar-refractivity contribution < 1.29 is 12.8 Å². The van der Waals surface area contributed by atoms with E-state index in [1.807, 2.05) is 6.07 Å². The van der Waals surface area contributed by atoms with Crippen LogP contribution >= 0.6 is 15.9 Å². The van der Waals surface area contributed by atoms with Gasteiger partial charge in [0.05, 0.1) is 12.3 Å². The summed E-state index contributed by atoms with van der Waals surface area (Å²) in [5.74, 6) is 0.853. The number of sulfonamides is 1. The standard InChI is InChI=1S/C11H13BrN4O3S/c1-16-11(10(12)13-15-16)20(17,18)14-8-3-2-4-9-7(8)5-6-19-9/h5-6,8,14H,2-4H2,1H3. The van der Waals surface area contributed by atoms with Gasteiger partial charge in [-0.05, 0) is 34.8 Å². The van der Waals surface area contributed by atoms with Crippen molar-refractivity contribution in [3.05, 3.63) is 28.3 Å². The van der Waals surface area contributed by atoms with E-state index >= 15 is 0 Å². The van der Waals surface area contributed by atoms with Crippen molar-refractivity contribution in [3.8, 4) is 0 Å². The molecule has 0 saturated carbocycles. The molecule has 3 rings (SSSR count). The third-order valence-electron chi connectivity index (χ3n) is 3.34. The maximum Gasteiger partial charge on any atom is 0.261 e. The number of fused-ring (bicyclic) bond motifs is 1. The summed E-state index contributed by atoms with van der Waals surface area (Å²) in [6.45, 7) is 0. The van der Waals surface area contributed by atoms with Crippen LogP contribution in [0.2, 0.25) is 0 Å². The van der Waals surface area contributed by atoms with Gasteiger partial charge < -0.3 is 4.42 Å². The normalized spacial score (nSPS) is 19.0. The van der Waals surface area contributed by atoms with Crippen LogP contribution in [0.4, 0.5) is 0 Å². The third-order valence-corrected chi connectivity index (χ3v) is 5.70. The van der Waals surface area contributed by atoms with Gasteiger partial charge in [0.25, 0.3) is 10.0 Å². The van der Waals surface area contributed by atoms with E-state index in [0.29, 0.717) is 0 Å². The first-order chi connectivity index (χ1) is 9.49. The Labute approximate surface area is 124 Å². The molecule has 108 valence electrons. The minimum Gasteiger partial charge on any atom is -0.469 e. The predicted molar refractivity (Wildman–Crippen MR) is 73.4 cm³/mol. The third kappa shape index (κ3) is 2.29. The fraction of sp³-hybridized carbons (Fsp3) is 0.455. The molecule has 0 radical (unpaired) electrons. The summed E-state index contributed by atoms with van der Waals surface area (Å²) in [6, 6.07) is 1.54. The Morgan fingerprint density at radius 3 is 3.05 bits per heavy atom. The summed E-state index contributed by atoms with van der Waals surface area (Å²) in [5, 5.41) is 7.42. The molecule has 0 bridgehead atoms. The number of rotatable bonds is 3. The van der Waals surface area contributed by atoms with Crippen LogP contribution in [0, 0.1) is 0 Å². The second kappa shape index (κ2) is 4.97. The average Bonchev–Trinajstić information content (AvgIpc) is 2.96. The lowest BCUT2D eigenvalue weighted by atomic mass is 9.94. The lowest BCUT2D eigenvalue weighted by Crippen LogP contribution is -2.32. The molecule has 0 amide bonds. The maximum atomic E-state index is 12.5. The monoisotopic (exact) mass is 360 g/mol. The first-order valence-electron chi connectivity index (χ1n) is 6.13. The van der Waals surface area contributed by atoms with Gasteiger partial charge in [-0.25, -0.2) is 17.8 Å². The number of hydrogen-bond donors (Lipinski definition) is 1. The highest BCUT2D eigenvalue weighted by molar-refractivity contribution is 9.10. The summed E-state index contributed by atoms with van der Waals surface area (Å²) in [6.07, 6.45) is 4.07. The molecule has 1 unspecified atom stereocenters. The highest BCUT2D eigenvalue weighted by Gasteiger charge is 2.30. The molecular weight excluding hydrogens is 348 g/mol. The molecular formula is C11H13BrN4O3S. The molecule has 1 aliphatic rings. The number of nitrogens with one attached hydrogen (secondary N) is 1. The average molecular weight is 361 g/mol. The molecule has 2 aromatic rings. The lowest BCUT2D eigenvalue weighted by Gasteiger charge is -2.22. The van der Waals surface area contributed by atoms with Gasteiger partial charge in [0.1, 0.15) is 5.76 Å². The molecule has 1 N–H and O–H groups in total. The van der Waals surface area contributed by atoms with Crippen LogP contribution in [-0.2, 0) is 23.5 Å². The Morgan fingerprint density at radius 2 is 2.35 bits per heavy atom. The highest BCUT2D eigenvalue weighted by Crippen LogP contribution is 2.32. The molecule has 9 heteroatoms. The highest BCUT2D eigenvalue weighted by atomic mass is 79.9. The van der Waals surface area contributed by atoms with Gasteiger partial charge in [-0.1, -0.05) is 5.21 Å². The van der Waals surface area contributed by atoms with Gasteiger partial charge in [-0.2, -0.15) is 0 Å². The number of halogens is 1. The van der Waals surface area contributed by atoms with Gasteiger partial charge in [-0.3, -0.25) is 0 Å². The second-order valence-corrected chi connectivity index (χ2v) is 7.05. The number of hydrogen-bond acceptors (Lipinski definition) is 5. The summed E-state index contributed by atoms with van der Waals surface area (Å²) in [5.41, 5.74) is 0.908. The topological polar surface area (TPSA) is 90.0 Å². The SMILES string of the molecule is Cn1nnc(Br)c1S(=O)(=O)NC1CCCc2occc21. The largest absolute Gasteiger partial charge is 0.469 e. The molecule has 0 aliphatic heterocycles. The fourth-order valence-electron chi connectivity index (χ4n) is 2.46. The van der Waals surface area contributed by atoms with E-state index in [-0.39, 0.29) is 15.7 Å². The van der Waals surface area contributed by atoms with Crippen molar-refractivity contribution in [2.24, 2.45) is 7.05 Å². The van der Waals surface area contributed by atoms with E-state index in [1.54, 1.807) is 6.26 Å². The lowest BCUT2D eigenvalue weighted by molar-refractivity contribution is 0.437. The van der Waals surface area contributed by atoms with Gasteiger partial charge in [0.15, 0.2) is 4.60 Å². The minimum atomic E-state index is -3.70. The molecule has 20 heavy (non-hydrogen) atoms. The number of nitrogens with zero attached hydrogens (tertiary/aromatic N) is 3. The van der Waals surface area contributed by atoms with E-state index in [0.717, 1.165) is 30.6 Å². The molecule has 1 aliphatic carbocycles. The van der Waals surface area contributed by atoms with Crippen LogP contribution in [-0.4, -0.2) is 23.4 Å². The summed E-state index contributed by atoms with van der Waals surface area (Å²) in [7, 11) is -2.16. The van der Waals surface area contributed by atoms with Crippen molar-refractivity contribution in [2.75, 3.05) is 0 Å². The quantitative estimate of drug-likeness (QED) is 0.896. The van der Waals surface area contributed by atoms with Gasteiger partial charge in [0.2, 0.25) is 5.03 Å². The minimum absolute atomic E-state index is 0.0214. The number of aromatic nitrogens is 3. The van der Waals surface area contributed by atoms with Gasteiger partial charge in [-0.15, -0.1) is 5.10 Å². The number of aryl methyl sites for hydroxylation is 2. The Kier molecular flexibility index (Phi) is 3.43. The number of furan rings is 1. The van der Waals surface area contributed by atoms with E-state index in [2.05, 4.69) is 31.0 Å². The molecule has 0 spiro atoms. The van der Waals surface area contributed by atoms with Crippen LogP contribution < -0.4 is 4.72 Å². The van der Waals surface area contributed by atoms with Crippen molar-refractivity contribution in [3.63, 3.8) is 0 Å². The molecule has 7 nitrogen and oxygen atoms in total. The molecule has 2 heterocycles. The van der Waals surface area contributed by atoms with Crippen LogP contribution in [0.15, 0.2) is 26.4 Å². The molecule has 1 atom stereocenters. The summed E-state index contributed by atoms with van der Waals surface area (Å²) < 4.78 is 34.4. The van der Waals surface area contributed by atoms with Crippen molar-refractivity contribution in [2.45, 2.75) is 30.3 Å². The van der Waals surface area contributed by atoms with E-state index < -0.39 is 10.0 Å². The smallest absolute Gasteiger partial charge is 0.261 e. The van der Waals surface area contributed by atoms with Crippen LogP contribution in [0.1, 0.15) is 30.2 Å². The van der Waals surface area contributed by atoms with E-state index in [9.17, 15) is 8.42 Å². The van der Waals surface area contributed by atoms with Gasteiger partial charge in [0, 0.05) is 19.0 Å². The Bertz CT molecular complexity index is 717. The zero-order valence-electron chi connectivity index (χ0n) is 10.7. The van der Waals surface area contributed by atoms with Gasteiger partial charge >= 0.3 is 0 Å². The molecule has 2 aromatic heterocycles. The predicted octanol–water partition coefficient (Wildman–Crippen LogP) is 1.53. The van der Waals surface area contributed by atoms with Crippen LogP contribution in [0.3, 0.4) is 0 Å². The van der Waals surface area contributed by atoms with E-state index in [1.165, 1.54) is 11.7 Å². The second-order valence-electron chi connectivity index (χ2n) is 4.67. The Morgan fingerprint density at radius 1 is 1.55 bits per heavy atom. The summed E-state index contributed by atoms with van der Waals surface area (Å²) >= 11 is 3.11. The maximum absolute atomic E-state index is 12.5. The fourth-order valence-corrected chi connectivity index (χ4v) is 4.80. The van der Waals surface area contributed by atoms with Crippen molar-refractivity contribution >= 4 is 26.0 Å². The molecule has 0 fully saturated rings. The van der Waals surface area contributed by atoms with Crippen LogP contribution in [0.25, 0.3) is 0 Å². The Hall–Kier alpha value is -1.19. The molecule has 0 aromatic carbocycles. The zero-order chi connectivity index (χ0) is 14.3.